The average Bonchev–Trinajstić information content (AvgIpc) is 2.94. The van der Waals surface area contributed by atoms with Crippen molar-refractivity contribution in [3.05, 3.63) is 41.7 Å². The normalized spacial score (nSPS) is 16.2. The molecule has 5 nitrogen and oxygen atoms in total. The molecule has 0 saturated heterocycles. The molecule has 1 aliphatic carbocycles. The smallest absolute Gasteiger partial charge is 0.358 e. The van der Waals surface area contributed by atoms with Gasteiger partial charge >= 0.3 is 5.97 Å². The van der Waals surface area contributed by atoms with E-state index in [2.05, 4.69) is 10.3 Å². The van der Waals surface area contributed by atoms with Gasteiger partial charge in [-0.2, -0.15) is 0 Å². The van der Waals surface area contributed by atoms with Crippen molar-refractivity contribution >= 4 is 5.97 Å². The van der Waals surface area contributed by atoms with E-state index in [4.69, 9.17) is 0 Å². The third-order valence-corrected chi connectivity index (χ3v) is 3.90. The summed E-state index contributed by atoms with van der Waals surface area (Å²) in [5, 5.41) is 17.3. The first-order valence-electron chi connectivity index (χ1n) is 7.01. The monoisotopic (exact) mass is 271 g/mol. The summed E-state index contributed by atoms with van der Waals surface area (Å²) >= 11 is 0. The summed E-state index contributed by atoms with van der Waals surface area (Å²) in [5.41, 5.74) is 1.72. The van der Waals surface area contributed by atoms with Crippen LogP contribution in [0.25, 0.3) is 5.69 Å². The van der Waals surface area contributed by atoms with Gasteiger partial charge in [0.25, 0.3) is 0 Å². The van der Waals surface area contributed by atoms with Crippen LogP contribution < -0.4 is 0 Å². The zero-order chi connectivity index (χ0) is 13.9. The number of para-hydroxylation sites is 1. The Labute approximate surface area is 117 Å². The largest absolute Gasteiger partial charge is 0.476 e. The van der Waals surface area contributed by atoms with E-state index in [1.807, 2.05) is 30.3 Å². The SMILES string of the molecule is O=C(O)c1nnn(-c2ccccc2)c1C1CCCCC1. The highest BCUT2D eigenvalue weighted by Crippen LogP contribution is 2.34. The third-order valence-electron chi connectivity index (χ3n) is 3.90. The number of carbonyl (C=O) groups is 1. The fraction of sp³-hybridized carbons (Fsp3) is 0.400. The Morgan fingerprint density at radius 1 is 1.15 bits per heavy atom. The fourth-order valence-electron chi connectivity index (χ4n) is 2.94. The summed E-state index contributed by atoms with van der Waals surface area (Å²) in [6.07, 6.45) is 5.54. The molecular weight excluding hydrogens is 254 g/mol. The van der Waals surface area contributed by atoms with Gasteiger partial charge in [0.15, 0.2) is 5.69 Å². The minimum Gasteiger partial charge on any atom is -0.476 e. The van der Waals surface area contributed by atoms with E-state index in [0.717, 1.165) is 37.1 Å². The Morgan fingerprint density at radius 2 is 1.85 bits per heavy atom. The molecule has 104 valence electrons. The maximum absolute atomic E-state index is 11.4. The van der Waals surface area contributed by atoms with E-state index in [0.29, 0.717) is 0 Å². The van der Waals surface area contributed by atoms with Crippen molar-refractivity contribution in [3.63, 3.8) is 0 Å². The third kappa shape index (κ3) is 2.31. The quantitative estimate of drug-likeness (QED) is 0.931. The van der Waals surface area contributed by atoms with E-state index >= 15 is 0 Å². The molecule has 0 aliphatic heterocycles. The zero-order valence-corrected chi connectivity index (χ0v) is 11.2. The molecule has 1 aliphatic rings. The predicted molar refractivity (Wildman–Crippen MR) is 74.1 cm³/mol. The molecule has 0 bridgehead atoms. The lowest BCUT2D eigenvalue weighted by molar-refractivity contribution is 0.0688. The number of rotatable bonds is 3. The number of hydrogen-bond donors (Lipinski definition) is 1. The van der Waals surface area contributed by atoms with Crippen LogP contribution >= 0.6 is 0 Å². The van der Waals surface area contributed by atoms with Gasteiger partial charge in [0.05, 0.1) is 11.4 Å². The number of carboxylic acid groups (broad SMARTS) is 1. The van der Waals surface area contributed by atoms with Crippen molar-refractivity contribution in [1.29, 1.82) is 0 Å². The molecule has 0 spiro atoms. The summed E-state index contributed by atoms with van der Waals surface area (Å²) in [6, 6.07) is 9.61. The maximum Gasteiger partial charge on any atom is 0.358 e. The van der Waals surface area contributed by atoms with Gasteiger partial charge in [-0.25, -0.2) is 9.48 Å². The highest BCUT2D eigenvalue weighted by Gasteiger charge is 2.28. The number of hydrogen-bond acceptors (Lipinski definition) is 3. The van der Waals surface area contributed by atoms with Gasteiger partial charge < -0.3 is 5.11 Å². The topological polar surface area (TPSA) is 68.0 Å². The Hall–Kier alpha value is -2.17. The molecule has 1 fully saturated rings. The Bertz CT molecular complexity index is 601. The second-order valence-corrected chi connectivity index (χ2v) is 5.21. The minimum atomic E-state index is -0.993. The minimum absolute atomic E-state index is 0.0979. The first-order valence-corrected chi connectivity index (χ1v) is 7.01. The summed E-state index contributed by atoms with van der Waals surface area (Å²) in [5.74, 6) is -0.752. The molecule has 1 heterocycles. The molecule has 1 aromatic heterocycles. The van der Waals surface area contributed by atoms with Gasteiger partial charge in [0.2, 0.25) is 0 Å². The van der Waals surface area contributed by atoms with Crippen LogP contribution in [0.2, 0.25) is 0 Å². The molecule has 3 rings (SSSR count). The van der Waals surface area contributed by atoms with Crippen LogP contribution in [0.5, 0.6) is 0 Å². The fourth-order valence-corrected chi connectivity index (χ4v) is 2.94. The van der Waals surface area contributed by atoms with Gasteiger partial charge in [-0.1, -0.05) is 42.7 Å². The van der Waals surface area contributed by atoms with Crippen LogP contribution in [0, 0.1) is 0 Å². The van der Waals surface area contributed by atoms with Crippen molar-refractivity contribution in [1.82, 2.24) is 15.0 Å². The Morgan fingerprint density at radius 3 is 2.50 bits per heavy atom. The first kappa shape index (κ1) is 12.8. The molecule has 1 saturated carbocycles. The lowest BCUT2D eigenvalue weighted by Crippen LogP contribution is -2.14. The van der Waals surface area contributed by atoms with Crippen LogP contribution in [0.1, 0.15) is 54.2 Å². The molecule has 1 N–H and O–H groups in total. The van der Waals surface area contributed by atoms with E-state index < -0.39 is 5.97 Å². The number of benzene rings is 1. The second-order valence-electron chi connectivity index (χ2n) is 5.21. The van der Waals surface area contributed by atoms with Crippen molar-refractivity contribution in [2.24, 2.45) is 0 Å². The molecular formula is C15H17N3O2. The van der Waals surface area contributed by atoms with Gasteiger partial charge in [0, 0.05) is 5.92 Å². The van der Waals surface area contributed by atoms with Crippen molar-refractivity contribution in [3.8, 4) is 5.69 Å². The highest BCUT2D eigenvalue weighted by atomic mass is 16.4. The van der Waals surface area contributed by atoms with E-state index in [1.54, 1.807) is 4.68 Å². The molecule has 0 amide bonds. The molecule has 1 aromatic carbocycles. The molecule has 2 aromatic rings. The van der Waals surface area contributed by atoms with E-state index in [9.17, 15) is 9.90 Å². The summed E-state index contributed by atoms with van der Waals surface area (Å²) in [6.45, 7) is 0. The standard InChI is InChI=1S/C15H17N3O2/c19-15(20)13-14(11-7-3-1-4-8-11)18(17-16-13)12-9-5-2-6-10-12/h2,5-6,9-11H,1,3-4,7-8H2,(H,19,20). The number of nitrogens with zero attached hydrogens (tertiary/aromatic N) is 3. The highest BCUT2D eigenvalue weighted by molar-refractivity contribution is 5.86. The zero-order valence-electron chi connectivity index (χ0n) is 11.2. The van der Waals surface area contributed by atoms with Gasteiger partial charge in [0.1, 0.15) is 0 Å². The van der Waals surface area contributed by atoms with Crippen molar-refractivity contribution < 1.29 is 9.90 Å². The predicted octanol–water partition coefficient (Wildman–Crippen LogP) is 3.01. The van der Waals surface area contributed by atoms with Crippen LogP contribution in [-0.4, -0.2) is 26.1 Å². The summed E-state index contributed by atoms with van der Waals surface area (Å²) in [4.78, 5) is 11.4. The van der Waals surface area contributed by atoms with Gasteiger partial charge in [-0.05, 0) is 25.0 Å². The first-order chi connectivity index (χ1) is 9.77. The lowest BCUT2D eigenvalue weighted by Gasteiger charge is -2.22. The Balaban J connectivity index is 2.08. The molecule has 20 heavy (non-hydrogen) atoms. The molecule has 0 unspecified atom stereocenters. The summed E-state index contributed by atoms with van der Waals surface area (Å²) < 4.78 is 1.69. The lowest BCUT2D eigenvalue weighted by atomic mass is 9.86. The van der Waals surface area contributed by atoms with Crippen molar-refractivity contribution in [2.75, 3.05) is 0 Å². The Kier molecular flexibility index (Phi) is 3.50. The van der Waals surface area contributed by atoms with E-state index in [-0.39, 0.29) is 11.6 Å². The van der Waals surface area contributed by atoms with E-state index in [1.165, 1.54) is 6.42 Å². The second kappa shape index (κ2) is 5.45. The molecule has 0 radical (unpaired) electrons. The number of aromatic carboxylic acids is 1. The molecule has 0 atom stereocenters. The van der Waals surface area contributed by atoms with Crippen LogP contribution in [0.15, 0.2) is 30.3 Å². The van der Waals surface area contributed by atoms with Crippen molar-refractivity contribution in [2.45, 2.75) is 38.0 Å². The van der Waals surface area contributed by atoms with Crippen LogP contribution in [0.3, 0.4) is 0 Å². The number of carboxylic acids is 1. The van der Waals surface area contributed by atoms with Gasteiger partial charge in [-0.3, -0.25) is 0 Å². The van der Waals surface area contributed by atoms with Gasteiger partial charge in [-0.15, -0.1) is 5.10 Å². The number of aromatic nitrogens is 3. The maximum atomic E-state index is 11.4. The van der Waals surface area contributed by atoms with Crippen LogP contribution in [-0.2, 0) is 0 Å². The van der Waals surface area contributed by atoms with Crippen LogP contribution in [0.4, 0.5) is 0 Å². The summed E-state index contributed by atoms with van der Waals surface area (Å²) in [7, 11) is 0. The molecule has 5 heteroatoms. The average molecular weight is 271 g/mol.